The van der Waals surface area contributed by atoms with Crippen molar-refractivity contribution in [3.05, 3.63) is 115 Å². The number of methoxy groups -OCH3 is 1. The van der Waals surface area contributed by atoms with Crippen molar-refractivity contribution in [2.24, 2.45) is 0 Å². The SMILES string of the molecule is COc1ccc(-c2cc3cc(-c4ccccc4)ccc3c3c2ccc2c4ccccc4oc23)cc1. The summed E-state index contributed by atoms with van der Waals surface area (Å²) in [6.45, 7) is 0. The van der Waals surface area contributed by atoms with Gasteiger partial charge in [0.25, 0.3) is 0 Å². The molecule has 6 aromatic carbocycles. The number of ether oxygens (including phenoxy) is 1. The highest BCUT2D eigenvalue weighted by Gasteiger charge is 2.16. The predicted octanol–water partition coefficient (Wildman–Crippen LogP) is 9.23. The normalized spacial score (nSPS) is 11.6. The number of para-hydroxylation sites is 1. The highest BCUT2D eigenvalue weighted by Crippen LogP contribution is 2.42. The summed E-state index contributed by atoms with van der Waals surface area (Å²) in [5, 5.41) is 7.02. The summed E-state index contributed by atoms with van der Waals surface area (Å²) in [7, 11) is 1.70. The summed E-state index contributed by atoms with van der Waals surface area (Å²) in [4.78, 5) is 0. The molecule has 0 unspecified atom stereocenters. The van der Waals surface area contributed by atoms with E-state index in [0.29, 0.717) is 0 Å². The van der Waals surface area contributed by atoms with Crippen molar-refractivity contribution in [2.75, 3.05) is 7.11 Å². The fourth-order valence-electron chi connectivity index (χ4n) is 5.24. The summed E-state index contributed by atoms with van der Waals surface area (Å²) in [5.41, 5.74) is 6.61. The molecular weight excluding hydrogens is 428 g/mol. The van der Waals surface area contributed by atoms with Gasteiger partial charge in [-0.25, -0.2) is 0 Å². The molecule has 2 nitrogen and oxygen atoms in total. The van der Waals surface area contributed by atoms with Gasteiger partial charge in [0.1, 0.15) is 16.9 Å². The average molecular weight is 451 g/mol. The Bertz CT molecular complexity index is 1860. The zero-order valence-corrected chi connectivity index (χ0v) is 19.3. The van der Waals surface area contributed by atoms with Crippen LogP contribution in [0.3, 0.4) is 0 Å². The first-order valence-corrected chi connectivity index (χ1v) is 11.8. The van der Waals surface area contributed by atoms with E-state index in [9.17, 15) is 0 Å². The second-order valence-corrected chi connectivity index (χ2v) is 8.92. The van der Waals surface area contributed by atoms with Crippen molar-refractivity contribution in [3.8, 4) is 28.0 Å². The van der Waals surface area contributed by atoms with Crippen LogP contribution in [0, 0.1) is 0 Å². The van der Waals surface area contributed by atoms with Crippen LogP contribution >= 0.6 is 0 Å². The molecule has 1 aromatic heterocycles. The van der Waals surface area contributed by atoms with Crippen molar-refractivity contribution in [2.45, 2.75) is 0 Å². The van der Waals surface area contributed by atoms with Crippen LogP contribution in [-0.4, -0.2) is 7.11 Å². The average Bonchev–Trinajstić information content (AvgIpc) is 3.31. The van der Waals surface area contributed by atoms with E-state index in [-0.39, 0.29) is 0 Å². The van der Waals surface area contributed by atoms with Crippen molar-refractivity contribution in [1.82, 2.24) is 0 Å². The Morgan fingerprint density at radius 2 is 1.26 bits per heavy atom. The molecule has 0 aliphatic carbocycles. The highest BCUT2D eigenvalue weighted by molar-refractivity contribution is 6.26. The topological polar surface area (TPSA) is 22.4 Å². The summed E-state index contributed by atoms with van der Waals surface area (Å²) >= 11 is 0. The Kier molecular flexibility index (Phi) is 4.40. The maximum atomic E-state index is 6.50. The van der Waals surface area contributed by atoms with Gasteiger partial charge in [0.2, 0.25) is 0 Å². The molecule has 2 heteroatoms. The Morgan fingerprint density at radius 3 is 2.09 bits per heavy atom. The van der Waals surface area contributed by atoms with E-state index in [1.807, 2.05) is 24.3 Å². The number of hydrogen-bond donors (Lipinski definition) is 0. The number of hydrogen-bond acceptors (Lipinski definition) is 2. The third-order valence-electron chi connectivity index (χ3n) is 6.97. The monoisotopic (exact) mass is 450 g/mol. The maximum Gasteiger partial charge on any atom is 0.143 e. The van der Waals surface area contributed by atoms with E-state index in [1.54, 1.807) is 7.11 Å². The quantitative estimate of drug-likeness (QED) is 0.250. The second-order valence-electron chi connectivity index (χ2n) is 8.92. The Morgan fingerprint density at radius 1 is 0.543 bits per heavy atom. The van der Waals surface area contributed by atoms with Gasteiger partial charge in [-0.1, -0.05) is 78.9 Å². The molecule has 7 rings (SSSR count). The molecule has 0 amide bonds. The van der Waals surface area contributed by atoms with E-state index in [2.05, 4.69) is 91.0 Å². The smallest absolute Gasteiger partial charge is 0.143 e. The molecular formula is C33H22O2. The van der Waals surface area contributed by atoms with Gasteiger partial charge in [0.05, 0.1) is 7.11 Å². The molecule has 1 heterocycles. The number of rotatable bonds is 3. The standard InChI is InChI=1S/C33H22O2/c1-34-25-14-11-22(12-15-25)30-20-24-19-23(21-7-3-2-4-8-21)13-16-26(24)32-28(30)17-18-29-27-9-5-6-10-31(27)35-33(29)32/h2-20H,1H3. The molecule has 0 bridgehead atoms. The Balaban J connectivity index is 1.61. The van der Waals surface area contributed by atoms with Gasteiger partial charge in [0, 0.05) is 16.2 Å². The third kappa shape index (κ3) is 3.11. The van der Waals surface area contributed by atoms with Crippen LogP contribution in [0.25, 0.3) is 65.7 Å². The van der Waals surface area contributed by atoms with Crippen molar-refractivity contribution >= 4 is 43.5 Å². The molecule has 166 valence electrons. The molecule has 0 atom stereocenters. The first-order valence-electron chi connectivity index (χ1n) is 11.8. The van der Waals surface area contributed by atoms with E-state index >= 15 is 0 Å². The van der Waals surface area contributed by atoms with E-state index in [0.717, 1.165) is 38.6 Å². The lowest BCUT2D eigenvalue weighted by atomic mass is 9.90. The Labute approximate surface area is 203 Å². The molecule has 0 aliphatic rings. The van der Waals surface area contributed by atoms with E-state index in [1.165, 1.54) is 32.8 Å². The first-order chi connectivity index (χ1) is 17.3. The minimum Gasteiger partial charge on any atom is -0.497 e. The van der Waals surface area contributed by atoms with Gasteiger partial charge in [-0.15, -0.1) is 0 Å². The zero-order valence-electron chi connectivity index (χ0n) is 19.3. The third-order valence-corrected chi connectivity index (χ3v) is 6.97. The van der Waals surface area contributed by atoms with Crippen molar-refractivity contribution in [3.63, 3.8) is 0 Å². The molecule has 0 radical (unpaired) electrons. The van der Waals surface area contributed by atoms with Crippen LogP contribution in [0.1, 0.15) is 0 Å². The van der Waals surface area contributed by atoms with Crippen molar-refractivity contribution < 1.29 is 9.15 Å². The Hall–Kier alpha value is -4.56. The van der Waals surface area contributed by atoms with Gasteiger partial charge in [-0.05, 0) is 74.8 Å². The predicted molar refractivity (Wildman–Crippen MR) is 146 cm³/mol. The number of fused-ring (bicyclic) bond motifs is 7. The molecule has 0 aliphatic heterocycles. The van der Waals surface area contributed by atoms with Crippen LogP contribution in [0.2, 0.25) is 0 Å². The van der Waals surface area contributed by atoms with E-state index in [4.69, 9.17) is 9.15 Å². The molecule has 0 saturated carbocycles. The number of benzene rings is 6. The maximum absolute atomic E-state index is 6.50. The van der Waals surface area contributed by atoms with Gasteiger partial charge in [-0.3, -0.25) is 0 Å². The highest BCUT2D eigenvalue weighted by atomic mass is 16.5. The van der Waals surface area contributed by atoms with Crippen LogP contribution < -0.4 is 4.74 Å². The van der Waals surface area contributed by atoms with Crippen LogP contribution in [0.5, 0.6) is 5.75 Å². The molecule has 0 N–H and O–H groups in total. The fraction of sp³-hybridized carbons (Fsp3) is 0.0303. The summed E-state index contributed by atoms with van der Waals surface area (Å²) in [6.07, 6.45) is 0. The van der Waals surface area contributed by atoms with Crippen LogP contribution in [-0.2, 0) is 0 Å². The van der Waals surface area contributed by atoms with Crippen LogP contribution in [0.15, 0.2) is 120 Å². The molecule has 35 heavy (non-hydrogen) atoms. The lowest BCUT2D eigenvalue weighted by Crippen LogP contribution is -1.88. The van der Waals surface area contributed by atoms with Crippen LogP contribution in [0.4, 0.5) is 0 Å². The largest absolute Gasteiger partial charge is 0.497 e. The summed E-state index contributed by atoms with van der Waals surface area (Å²) in [6, 6.07) is 40.6. The lowest BCUT2D eigenvalue weighted by molar-refractivity contribution is 0.415. The minimum atomic E-state index is 0.852. The summed E-state index contributed by atoms with van der Waals surface area (Å²) < 4.78 is 11.9. The van der Waals surface area contributed by atoms with Gasteiger partial charge in [-0.2, -0.15) is 0 Å². The minimum absolute atomic E-state index is 0.852. The van der Waals surface area contributed by atoms with E-state index < -0.39 is 0 Å². The first kappa shape index (κ1) is 19.9. The zero-order chi connectivity index (χ0) is 23.4. The molecule has 0 saturated heterocycles. The van der Waals surface area contributed by atoms with Crippen molar-refractivity contribution in [1.29, 1.82) is 0 Å². The second kappa shape index (κ2) is 7.75. The molecule has 0 spiro atoms. The van der Waals surface area contributed by atoms with Gasteiger partial charge >= 0.3 is 0 Å². The van der Waals surface area contributed by atoms with Gasteiger partial charge in [0.15, 0.2) is 0 Å². The molecule has 0 fully saturated rings. The number of furan rings is 1. The summed E-state index contributed by atoms with van der Waals surface area (Å²) in [5.74, 6) is 0.852. The molecule has 7 aromatic rings. The van der Waals surface area contributed by atoms with Gasteiger partial charge < -0.3 is 9.15 Å². The lowest BCUT2D eigenvalue weighted by Gasteiger charge is -2.13. The fourth-order valence-corrected chi connectivity index (χ4v) is 5.24.